The minimum absolute atomic E-state index is 0.219. The second-order valence-electron chi connectivity index (χ2n) is 4.53. The van der Waals surface area contributed by atoms with Crippen molar-refractivity contribution in [1.29, 1.82) is 0 Å². The Morgan fingerprint density at radius 2 is 2.25 bits per heavy atom. The molecule has 1 atom stereocenters. The Hall–Kier alpha value is -2.24. The highest BCUT2D eigenvalue weighted by Crippen LogP contribution is 2.23. The number of fused-ring (bicyclic) bond motifs is 1. The van der Waals surface area contributed by atoms with Crippen LogP contribution in [0.4, 0.5) is 10.2 Å². The number of halogens is 1. The number of anilines is 1. The van der Waals surface area contributed by atoms with E-state index in [-0.39, 0.29) is 11.2 Å². The highest BCUT2D eigenvalue weighted by atomic mass is 19.1. The Kier molecular flexibility index (Phi) is 4.45. The van der Waals surface area contributed by atoms with Crippen LogP contribution in [0.2, 0.25) is 0 Å². The summed E-state index contributed by atoms with van der Waals surface area (Å²) in [5, 5.41) is 12.2. The van der Waals surface area contributed by atoms with Crippen LogP contribution in [0.15, 0.2) is 24.5 Å². The number of unbranched alkanes of at least 4 members (excludes halogenated alkanes) is 1. The molecular formula is C14H16FN3O2. The number of rotatable bonds is 6. The number of aromatic nitrogens is 2. The zero-order chi connectivity index (χ0) is 14.5. The van der Waals surface area contributed by atoms with Crippen molar-refractivity contribution in [1.82, 2.24) is 9.97 Å². The molecule has 2 rings (SSSR count). The van der Waals surface area contributed by atoms with E-state index in [1.54, 1.807) is 12.1 Å². The SMILES string of the molecule is CCCCC(Nc1ncnc2cccc(F)c12)C(=O)O. The third-order valence-electron chi connectivity index (χ3n) is 3.07. The lowest BCUT2D eigenvalue weighted by Gasteiger charge is -2.16. The van der Waals surface area contributed by atoms with Crippen molar-refractivity contribution in [3.63, 3.8) is 0 Å². The molecule has 106 valence electrons. The maximum absolute atomic E-state index is 13.9. The van der Waals surface area contributed by atoms with E-state index in [2.05, 4.69) is 15.3 Å². The summed E-state index contributed by atoms with van der Waals surface area (Å²) in [5.74, 6) is -1.22. The number of aliphatic carboxylic acids is 1. The minimum atomic E-state index is -0.971. The van der Waals surface area contributed by atoms with Gasteiger partial charge in [-0.25, -0.2) is 19.2 Å². The molecule has 0 aliphatic carbocycles. The first kappa shape index (κ1) is 14.2. The van der Waals surface area contributed by atoms with Crippen molar-refractivity contribution in [3.8, 4) is 0 Å². The van der Waals surface area contributed by atoms with E-state index in [1.165, 1.54) is 12.4 Å². The maximum Gasteiger partial charge on any atom is 0.326 e. The van der Waals surface area contributed by atoms with Crippen molar-refractivity contribution in [2.45, 2.75) is 32.2 Å². The van der Waals surface area contributed by atoms with Gasteiger partial charge in [-0.15, -0.1) is 0 Å². The van der Waals surface area contributed by atoms with Gasteiger partial charge in [0.05, 0.1) is 10.9 Å². The second-order valence-corrected chi connectivity index (χ2v) is 4.53. The molecule has 2 aromatic rings. The highest BCUT2D eigenvalue weighted by molar-refractivity contribution is 5.91. The lowest BCUT2D eigenvalue weighted by molar-refractivity contribution is -0.138. The molecule has 6 heteroatoms. The first-order chi connectivity index (χ1) is 9.63. The van der Waals surface area contributed by atoms with Gasteiger partial charge in [0.25, 0.3) is 0 Å². The van der Waals surface area contributed by atoms with Crippen LogP contribution < -0.4 is 5.32 Å². The molecule has 1 aromatic carbocycles. The first-order valence-corrected chi connectivity index (χ1v) is 6.52. The van der Waals surface area contributed by atoms with E-state index in [1.807, 2.05) is 6.92 Å². The average molecular weight is 277 g/mol. The van der Waals surface area contributed by atoms with Crippen molar-refractivity contribution >= 4 is 22.7 Å². The van der Waals surface area contributed by atoms with Gasteiger partial charge < -0.3 is 10.4 Å². The Labute approximate surface area is 115 Å². The van der Waals surface area contributed by atoms with Crippen LogP contribution in [0, 0.1) is 5.82 Å². The number of nitrogens with zero attached hydrogens (tertiary/aromatic N) is 2. The fourth-order valence-electron chi connectivity index (χ4n) is 2.01. The molecule has 0 aliphatic rings. The molecule has 2 N–H and O–H groups in total. The summed E-state index contributed by atoms with van der Waals surface area (Å²) in [6, 6.07) is 3.74. The van der Waals surface area contributed by atoms with Gasteiger partial charge >= 0.3 is 5.97 Å². The molecule has 0 fully saturated rings. The van der Waals surface area contributed by atoms with E-state index >= 15 is 0 Å². The number of nitrogens with one attached hydrogen (secondary N) is 1. The average Bonchev–Trinajstić information content (AvgIpc) is 2.43. The lowest BCUT2D eigenvalue weighted by atomic mass is 10.1. The number of carboxylic acid groups (broad SMARTS) is 1. The molecular weight excluding hydrogens is 261 g/mol. The first-order valence-electron chi connectivity index (χ1n) is 6.52. The predicted octanol–water partition coefficient (Wildman–Crippen LogP) is 2.82. The number of benzene rings is 1. The topological polar surface area (TPSA) is 75.1 Å². The van der Waals surface area contributed by atoms with Gasteiger partial charge in [0.15, 0.2) is 0 Å². The molecule has 1 aromatic heterocycles. The number of hydrogen-bond donors (Lipinski definition) is 2. The molecule has 1 heterocycles. The predicted molar refractivity (Wildman–Crippen MR) is 74.1 cm³/mol. The van der Waals surface area contributed by atoms with E-state index in [4.69, 9.17) is 0 Å². The van der Waals surface area contributed by atoms with Crippen molar-refractivity contribution < 1.29 is 14.3 Å². The molecule has 20 heavy (non-hydrogen) atoms. The van der Waals surface area contributed by atoms with Crippen LogP contribution >= 0.6 is 0 Å². The summed E-state index contributed by atoms with van der Waals surface area (Å²) in [6.45, 7) is 1.98. The third-order valence-corrected chi connectivity index (χ3v) is 3.07. The van der Waals surface area contributed by atoms with E-state index < -0.39 is 17.8 Å². The Morgan fingerprint density at radius 3 is 2.95 bits per heavy atom. The zero-order valence-corrected chi connectivity index (χ0v) is 11.1. The Bertz CT molecular complexity index is 613. The van der Waals surface area contributed by atoms with Gasteiger partial charge in [-0.1, -0.05) is 25.8 Å². The molecule has 0 spiro atoms. The Balaban J connectivity index is 2.34. The van der Waals surface area contributed by atoms with Crippen LogP contribution in [0.5, 0.6) is 0 Å². The highest BCUT2D eigenvalue weighted by Gasteiger charge is 2.19. The molecule has 0 aliphatic heterocycles. The summed E-state index contributed by atoms with van der Waals surface area (Å²) in [5.41, 5.74) is 0.446. The largest absolute Gasteiger partial charge is 0.480 e. The Morgan fingerprint density at radius 1 is 1.45 bits per heavy atom. The molecule has 0 saturated carbocycles. The molecule has 0 radical (unpaired) electrons. The second kappa shape index (κ2) is 6.27. The standard InChI is InChI=1S/C14H16FN3O2/c1-2-3-6-11(14(19)20)18-13-12-9(15)5-4-7-10(12)16-8-17-13/h4-5,7-8,11H,2-3,6H2,1H3,(H,19,20)(H,16,17,18). The summed E-state index contributed by atoms with van der Waals surface area (Å²) >= 11 is 0. The van der Waals surface area contributed by atoms with E-state index in [0.29, 0.717) is 11.9 Å². The fourth-order valence-corrected chi connectivity index (χ4v) is 2.01. The molecule has 0 saturated heterocycles. The number of carboxylic acids is 1. The van der Waals surface area contributed by atoms with Gasteiger partial charge in [0.1, 0.15) is 24.0 Å². The normalized spacial score (nSPS) is 12.3. The van der Waals surface area contributed by atoms with Crippen molar-refractivity contribution in [2.24, 2.45) is 0 Å². The quantitative estimate of drug-likeness (QED) is 0.849. The van der Waals surface area contributed by atoms with Crippen LogP contribution in [0.25, 0.3) is 10.9 Å². The summed E-state index contributed by atoms with van der Waals surface area (Å²) in [4.78, 5) is 19.2. The summed E-state index contributed by atoms with van der Waals surface area (Å²) < 4.78 is 13.9. The summed E-state index contributed by atoms with van der Waals surface area (Å²) in [7, 11) is 0. The lowest BCUT2D eigenvalue weighted by Crippen LogP contribution is -2.29. The van der Waals surface area contributed by atoms with Crippen LogP contribution in [0.1, 0.15) is 26.2 Å². The number of hydrogen-bond acceptors (Lipinski definition) is 4. The van der Waals surface area contributed by atoms with Crippen LogP contribution in [-0.4, -0.2) is 27.1 Å². The van der Waals surface area contributed by atoms with Gasteiger partial charge in [-0.05, 0) is 18.6 Å². The van der Waals surface area contributed by atoms with Crippen molar-refractivity contribution in [3.05, 3.63) is 30.3 Å². The van der Waals surface area contributed by atoms with E-state index in [9.17, 15) is 14.3 Å². The molecule has 0 bridgehead atoms. The van der Waals surface area contributed by atoms with Gasteiger partial charge in [-0.2, -0.15) is 0 Å². The zero-order valence-electron chi connectivity index (χ0n) is 11.1. The molecule has 0 amide bonds. The maximum atomic E-state index is 13.9. The monoisotopic (exact) mass is 277 g/mol. The van der Waals surface area contributed by atoms with Crippen molar-refractivity contribution in [2.75, 3.05) is 5.32 Å². The number of carbonyl (C=O) groups is 1. The molecule has 5 nitrogen and oxygen atoms in total. The van der Waals surface area contributed by atoms with Gasteiger partial charge in [-0.3, -0.25) is 0 Å². The van der Waals surface area contributed by atoms with Crippen LogP contribution in [0.3, 0.4) is 0 Å². The van der Waals surface area contributed by atoms with Crippen LogP contribution in [-0.2, 0) is 4.79 Å². The summed E-state index contributed by atoms with van der Waals surface area (Å²) in [6.07, 6.45) is 3.43. The van der Waals surface area contributed by atoms with Gasteiger partial charge in [0.2, 0.25) is 0 Å². The third kappa shape index (κ3) is 3.01. The van der Waals surface area contributed by atoms with E-state index in [0.717, 1.165) is 12.8 Å². The van der Waals surface area contributed by atoms with Gasteiger partial charge in [0, 0.05) is 0 Å². The smallest absolute Gasteiger partial charge is 0.326 e. The fraction of sp³-hybridized carbons (Fsp3) is 0.357. The molecule has 1 unspecified atom stereocenters. The minimum Gasteiger partial charge on any atom is -0.480 e.